The summed E-state index contributed by atoms with van der Waals surface area (Å²) in [4.78, 5) is 11.5. The number of unbranched alkanes of at least 4 members (excludes halogenated alkanes) is 9. The molecule has 19 heavy (non-hydrogen) atoms. The highest BCUT2D eigenvalue weighted by Crippen LogP contribution is 2.11. The molecule has 0 amide bonds. The van der Waals surface area contributed by atoms with Crippen molar-refractivity contribution in [3.05, 3.63) is 0 Å². The van der Waals surface area contributed by atoms with E-state index >= 15 is 0 Å². The van der Waals surface area contributed by atoms with Crippen molar-refractivity contribution in [2.45, 2.75) is 90.9 Å². The van der Waals surface area contributed by atoms with E-state index < -0.39 is 0 Å². The van der Waals surface area contributed by atoms with Gasteiger partial charge in [-0.05, 0) is 13.3 Å². The van der Waals surface area contributed by atoms with Crippen molar-refractivity contribution in [3.8, 4) is 0 Å². The van der Waals surface area contributed by atoms with E-state index in [1.54, 1.807) is 0 Å². The van der Waals surface area contributed by atoms with Gasteiger partial charge in [0.05, 0.1) is 6.61 Å². The monoisotopic (exact) mass is 270 g/mol. The SMILES string of the molecule is CCCCCCCCCCCCC(=O)CCOCC. The third-order valence-corrected chi connectivity index (χ3v) is 3.54. The topological polar surface area (TPSA) is 26.3 Å². The van der Waals surface area contributed by atoms with Gasteiger partial charge in [-0.3, -0.25) is 4.79 Å². The van der Waals surface area contributed by atoms with E-state index in [9.17, 15) is 4.79 Å². The molecule has 0 aliphatic carbocycles. The fraction of sp³-hybridized carbons (Fsp3) is 0.941. The van der Waals surface area contributed by atoms with Crippen LogP contribution in [-0.2, 0) is 9.53 Å². The lowest BCUT2D eigenvalue weighted by molar-refractivity contribution is -0.120. The second-order valence-electron chi connectivity index (χ2n) is 5.42. The third-order valence-electron chi connectivity index (χ3n) is 3.54. The maximum absolute atomic E-state index is 11.5. The molecule has 0 spiro atoms. The number of hydrogen-bond acceptors (Lipinski definition) is 2. The van der Waals surface area contributed by atoms with Crippen molar-refractivity contribution in [1.82, 2.24) is 0 Å². The second-order valence-corrected chi connectivity index (χ2v) is 5.42. The summed E-state index contributed by atoms with van der Waals surface area (Å²) in [7, 11) is 0. The van der Waals surface area contributed by atoms with Crippen LogP contribution in [0.5, 0.6) is 0 Å². The molecule has 0 aliphatic rings. The molecule has 0 aromatic carbocycles. The molecule has 0 unspecified atom stereocenters. The Kier molecular flexibility index (Phi) is 15.4. The fourth-order valence-corrected chi connectivity index (χ4v) is 2.26. The molecule has 0 heterocycles. The molecule has 0 saturated heterocycles. The summed E-state index contributed by atoms with van der Waals surface area (Å²) in [6, 6.07) is 0. The minimum atomic E-state index is 0.369. The maximum Gasteiger partial charge on any atom is 0.135 e. The van der Waals surface area contributed by atoms with Crippen molar-refractivity contribution < 1.29 is 9.53 Å². The van der Waals surface area contributed by atoms with Crippen LogP contribution in [0.4, 0.5) is 0 Å². The predicted molar refractivity (Wildman–Crippen MR) is 82.6 cm³/mol. The van der Waals surface area contributed by atoms with Gasteiger partial charge in [0.25, 0.3) is 0 Å². The molecule has 0 aromatic rings. The van der Waals surface area contributed by atoms with E-state index in [0.717, 1.165) is 12.8 Å². The summed E-state index contributed by atoms with van der Waals surface area (Å²) < 4.78 is 5.18. The zero-order valence-corrected chi connectivity index (χ0v) is 13.2. The van der Waals surface area contributed by atoms with Crippen LogP contribution in [-0.4, -0.2) is 19.0 Å². The van der Waals surface area contributed by atoms with Gasteiger partial charge in [0.15, 0.2) is 0 Å². The highest BCUT2D eigenvalue weighted by Gasteiger charge is 2.01. The smallest absolute Gasteiger partial charge is 0.135 e. The largest absolute Gasteiger partial charge is 0.381 e. The third kappa shape index (κ3) is 15.6. The first-order chi connectivity index (χ1) is 9.31. The molecule has 0 aromatic heterocycles. The van der Waals surface area contributed by atoms with Crippen LogP contribution in [0.15, 0.2) is 0 Å². The zero-order chi connectivity index (χ0) is 14.2. The van der Waals surface area contributed by atoms with Gasteiger partial charge in [-0.2, -0.15) is 0 Å². The average Bonchev–Trinajstić information content (AvgIpc) is 2.41. The van der Waals surface area contributed by atoms with E-state index in [1.807, 2.05) is 6.92 Å². The number of ketones is 1. The first kappa shape index (κ1) is 18.6. The van der Waals surface area contributed by atoms with Gasteiger partial charge in [-0.15, -0.1) is 0 Å². The first-order valence-electron chi connectivity index (χ1n) is 8.40. The summed E-state index contributed by atoms with van der Waals surface area (Å²) in [5.41, 5.74) is 0. The zero-order valence-electron chi connectivity index (χ0n) is 13.2. The van der Waals surface area contributed by atoms with Crippen molar-refractivity contribution in [1.29, 1.82) is 0 Å². The van der Waals surface area contributed by atoms with Gasteiger partial charge >= 0.3 is 0 Å². The summed E-state index contributed by atoms with van der Waals surface area (Å²) in [5.74, 6) is 0.369. The maximum atomic E-state index is 11.5. The molecule has 0 fully saturated rings. The molecule has 0 aliphatic heterocycles. The Bertz CT molecular complexity index is 190. The summed E-state index contributed by atoms with van der Waals surface area (Å²) in [5, 5.41) is 0. The summed E-state index contributed by atoms with van der Waals surface area (Å²) in [6.07, 6.45) is 14.6. The molecular formula is C17H34O2. The first-order valence-corrected chi connectivity index (χ1v) is 8.40. The average molecular weight is 270 g/mol. The van der Waals surface area contributed by atoms with Crippen LogP contribution in [0.1, 0.15) is 90.9 Å². The summed E-state index contributed by atoms with van der Waals surface area (Å²) in [6.45, 7) is 5.54. The molecule has 0 atom stereocenters. The molecule has 0 N–H and O–H groups in total. The van der Waals surface area contributed by atoms with Crippen LogP contribution >= 0.6 is 0 Å². The number of ether oxygens (including phenoxy) is 1. The normalized spacial score (nSPS) is 10.8. The molecular weight excluding hydrogens is 236 g/mol. The predicted octanol–water partition coefficient (Wildman–Crippen LogP) is 5.29. The molecule has 0 rings (SSSR count). The van der Waals surface area contributed by atoms with Gasteiger partial charge in [0.2, 0.25) is 0 Å². The molecule has 2 heteroatoms. The number of carbonyl (C=O) groups excluding carboxylic acids is 1. The quantitative estimate of drug-likeness (QED) is 0.378. The van der Waals surface area contributed by atoms with Crippen LogP contribution < -0.4 is 0 Å². The van der Waals surface area contributed by atoms with Crippen molar-refractivity contribution in [2.24, 2.45) is 0 Å². The minimum absolute atomic E-state index is 0.369. The van der Waals surface area contributed by atoms with E-state index in [1.165, 1.54) is 57.8 Å². The molecule has 114 valence electrons. The van der Waals surface area contributed by atoms with E-state index in [4.69, 9.17) is 4.74 Å². The van der Waals surface area contributed by atoms with Crippen molar-refractivity contribution >= 4 is 5.78 Å². The Hall–Kier alpha value is -0.370. The van der Waals surface area contributed by atoms with Gasteiger partial charge < -0.3 is 4.74 Å². The lowest BCUT2D eigenvalue weighted by Gasteiger charge is -2.03. The highest BCUT2D eigenvalue weighted by molar-refractivity contribution is 5.78. The molecule has 0 radical (unpaired) electrons. The molecule has 0 saturated carbocycles. The van der Waals surface area contributed by atoms with Crippen LogP contribution in [0.3, 0.4) is 0 Å². The summed E-state index contributed by atoms with van der Waals surface area (Å²) >= 11 is 0. The Morgan fingerprint density at radius 1 is 0.737 bits per heavy atom. The standard InChI is InChI=1S/C17H34O2/c1-3-5-6-7-8-9-10-11-12-13-14-17(18)15-16-19-4-2/h3-16H2,1-2H3. The van der Waals surface area contributed by atoms with Crippen LogP contribution in [0.2, 0.25) is 0 Å². The number of carbonyl (C=O) groups is 1. The van der Waals surface area contributed by atoms with Crippen LogP contribution in [0, 0.1) is 0 Å². The van der Waals surface area contributed by atoms with E-state index in [2.05, 4.69) is 6.92 Å². The van der Waals surface area contributed by atoms with E-state index in [-0.39, 0.29) is 0 Å². The Morgan fingerprint density at radius 3 is 1.79 bits per heavy atom. The number of hydrogen-bond donors (Lipinski definition) is 0. The van der Waals surface area contributed by atoms with Crippen molar-refractivity contribution in [2.75, 3.05) is 13.2 Å². The van der Waals surface area contributed by atoms with E-state index in [0.29, 0.717) is 25.4 Å². The van der Waals surface area contributed by atoms with Gasteiger partial charge in [0, 0.05) is 19.4 Å². The number of Topliss-reactive ketones (excluding diaryl/α,β-unsaturated/α-hetero) is 1. The van der Waals surface area contributed by atoms with Crippen molar-refractivity contribution in [3.63, 3.8) is 0 Å². The van der Waals surface area contributed by atoms with Crippen LogP contribution in [0.25, 0.3) is 0 Å². The van der Waals surface area contributed by atoms with Gasteiger partial charge in [-0.25, -0.2) is 0 Å². The molecule has 2 nitrogen and oxygen atoms in total. The minimum Gasteiger partial charge on any atom is -0.381 e. The Balaban J connectivity index is 3.07. The Labute approximate surface area is 120 Å². The highest BCUT2D eigenvalue weighted by atomic mass is 16.5. The fourth-order valence-electron chi connectivity index (χ4n) is 2.26. The number of rotatable bonds is 15. The lowest BCUT2D eigenvalue weighted by Crippen LogP contribution is -2.03. The Morgan fingerprint density at radius 2 is 1.26 bits per heavy atom. The molecule has 0 bridgehead atoms. The lowest BCUT2D eigenvalue weighted by atomic mass is 10.0. The van der Waals surface area contributed by atoms with Gasteiger partial charge in [0.1, 0.15) is 5.78 Å². The second kappa shape index (κ2) is 15.7. The van der Waals surface area contributed by atoms with Gasteiger partial charge in [-0.1, -0.05) is 64.7 Å².